The van der Waals surface area contributed by atoms with Crippen molar-refractivity contribution in [2.75, 3.05) is 6.61 Å². The fourth-order valence-electron chi connectivity index (χ4n) is 1.56. The molecule has 0 amide bonds. The average molecular weight is 268 g/mol. The van der Waals surface area contributed by atoms with E-state index in [2.05, 4.69) is 40.8 Å². The van der Waals surface area contributed by atoms with Crippen molar-refractivity contribution in [2.45, 2.75) is 25.8 Å². The summed E-state index contributed by atoms with van der Waals surface area (Å²) >= 11 is 3.52. The fourth-order valence-corrected chi connectivity index (χ4v) is 1.98. The topological polar surface area (TPSA) is 21.6 Å². The molecule has 1 aliphatic rings. The zero-order valence-electron chi connectivity index (χ0n) is 8.96. The van der Waals surface area contributed by atoms with Gasteiger partial charge in [0.25, 0.3) is 0 Å². The van der Waals surface area contributed by atoms with Crippen LogP contribution in [-0.2, 0) is 11.2 Å². The van der Waals surface area contributed by atoms with E-state index < -0.39 is 0 Å². The van der Waals surface area contributed by atoms with Crippen molar-refractivity contribution < 1.29 is 4.74 Å². The molecule has 0 saturated heterocycles. The molecule has 0 unspecified atom stereocenters. The molecule has 2 nitrogen and oxygen atoms in total. The van der Waals surface area contributed by atoms with Crippen LogP contribution in [0.25, 0.3) is 0 Å². The van der Waals surface area contributed by atoms with E-state index in [0.717, 1.165) is 16.8 Å². The molecule has 1 aliphatic heterocycles. The van der Waals surface area contributed by atoms with Gasteiger partial charge >= 0.3 is 0 Å². The maximum Gasteiger partial charge on any atom is 0.188 e. The number of benzene rings is 1. The van der Waals surface area contributed by atoms with E-state index in [0.29, 0.717) is 6.61 Å². The van der Waals surface area contributed by atoms with E-state index in [1.165, 1.54) is 5.56 Å². The Morgan fingerprint density at radius 2 is 2.13 bits per heavy atom. The van der Waals surface area contributed by atoms with Crippen molar-refractivity contribution >= 4 is 21.8 Å². The van der Waals surface area contributed by atoms with Crippen molar-refractivity contribution in [3.05, 3.63) is 34.3 Å². The smallest absolute Gasteiger partial charge is 0.188 e. The quantitative estimate of drug-likeness (QED) is 0.807. The van der Waals surface area contributed by atoms with Crippen molar-refractivity contribution in [3.63, 3.8) is 0 Å². The van der Waals surface area contributed by atoms with Gasteiger partial charge in [0.05, 0.1) is 5.54 Å². The normalized spacial score (nSPS) is 18.5. The van der Waals surface area contributed by atoms with Crippen LogP contribution in [-0.4, -0.2) is 18.0 Å². The monoisotopic (exact) mass is 267 g/mol. The molecule has 1 heterocycles. The largest absolute Gasteiger partial charge is 0.478 e. The van der Waals surface area contributed by atoms with Crippen LogP contribution in [0.15, 0.2) is 33.7 Å². The van der Waals surface area contributed by atoms with Crippen molar-refractivity contribution in [2.24, 2.45) is 4.99 Å². The number of ether oxygens (including phenoxy) is 1. The van der Waals surface area contributed by atoms with E-state index >= 15 is 0 Å². The third-order valence-corrected chi connectivity index (χ3v) is 3.09. The van der Waals surface area contributed by atoms with E-state index in [-0.39, 0.29) is 5.54 Å². The molecule has 0 aromatic heterocycles. The number of aliphatic imine (C=N–C) groups is 1. The molecule has 0 radical (unpaired) electrons. The summed E-state index contributed by atoms with van der Waals surface area (Å²) in [6.45, 7) is 4.85. The SMILES string of the molecule is CC1(C)COC(Cc2ccccc2Br)=N1. The molecule has 3 heteroatoms. The molecular formula is C12H14BrNO. The molecule has 0 fully saturated rings. The van der Waals surface area contributed by atoms with Gasteiger partial charge in [-0.15, -0.1) is 0 Å². The van der Waals surface area contributed by atoms with Gasteiger partial charge in [0, 0.05) is 10.9 Å². The lowest BCUT2D eigenvalue weighted by Crippen LogP contribution is -2.17. The molecule has 0 spiro atoms. The summed E-state index contributed by atoms with van der Waals surface area (Å²) in [6.07, 6.45) is 0.769. The minimum absolute atomic E-state index is 0.0589. The Bertz CT molecular complexity index is 398. The molecule has 0 aliphatic carbocycles. The lowest BCUT2D eigenvalue weighted by Gasteiger charge is -2.07. The molecular weight excluding hydrogens is 254 g/mol. The molecule has 1 aromatic carbocycles. The highest BCUT2D eigenvalue weighted by Crippen LogP contribution is 2.22. The van der Waals surface area contributed by atoms with Gasteiger partial charge in [0.1, 0.15) is 6.61 Å². The molecule has 0 saturated carbocycles. The number of nitrogens with zero attached hydrogens (tertiary/aromatic N) is 1. The highest BCUT2D eigenvalue weighted by atomic mass is 79.9. The van der Waals surface area contributed by atoms with Crippen LogP contribution in [0.1, 0.15) is 19.4 Å². The van der Waals surface area contributed by atoms with E-state index in [1.807, 2.05) is 18.2 Å². The number of rotatable bonds is 2. The summed E-state index contributed by atoms with van der Waals surface area (Å²) in [6, 6.07) is 8.16. The summed E-state index contributed by atoms with van der Waals surface area (Å²) in [5, 5.41) is 0. The number of halogens is 1. The Morgan fingerprint density at radius 1 is 1.40 bits per heavy atom. The Labute approximate surface area is 98.5 Å². The second-order valence-corrected chi connectivity index (χ2v) is 5.23. The van der Waals surface area contributed by atoms with E-state index in [9.17, 15) is 0 Å². The summed E-state index contributed by atoms with van der Waals surface area (Å²) < 4.78 is 6.67. The number of hydrogen-bond acceptors (Lipinski definition) is 2. The minimum atomic E-state index is -0.0589. The van der Waals surface area contributed by atoms with Gasteiger partial charge in [-0.1, -0.05) is 34.1 Å². The molecule has 0 N–H and O–H groups in total. The molecule has 0 bridgehead atoms. The molecule has 1 aromatic rings. The zero-order chi connectivity index (χ0) is 10.9. The Balaban J connectivity index is 2.14. The van der Waals surface area contributed by atoms with Crippen LogP contribution >= 0.6 is 15.9 Å². The highest BCUT2D eigenvalue weighted by Gasteiger charge is 2.26. The molecule has 80 valence electrons. The molecule has 0 atom stereocenters. The Kier molecular flexibility index (Phi) is 2.83. The third-order valence-electron chi connectivity index (χ3n) is 2.32. The van der Waals surface area contributed by atoms with Gasteiger partial charge in [0.2, 0.25) is 0 Å². The second kappa shape index (κ2) is 3.97. The van der Waals surface area contributed by atoms with Gasteiger partial charge in [-0.2, -0.15) is 0 Å². The Hall–Kier alpha value is -0.830. The Morgan fingerprint density at radius 3 is 2.73 bits per heavy atom. The van der Waals surface area contributed by atoms with Crippen LogP contribution in [0.3, 0.4) is 0 Å². The molecule has 2 rings (SSSR count). The first-order valence-corrected chi connectivity index (χ1v) is 5.81. The van der Waals surface area contributed by atoms with Crippen molar-refractivity contribution in [1.82, 2.24) is 0 Å². The zero-order valence-corrected chi connectivity index (χ0v) is 10.5. The van der Waals surface area contributed by atoms with Gasteiger partial charge in [0.15, 0.2) is 5.90 Å². The van der Waals surface area contributed by atoms with Gasteiger partial charge in [-0.25, -0.2) is 4.99 Å². The van der Waals surface area contributed by atoms with Gasteiger partial charge < -0.3 is 4.74 Å². The predicted octanol–water partition coefficient (Wildman–Crippen LogP) is 3.20. The standard InChI is InChI=1S/C12H14BrNO/c1-12(2)8-15-11(14-12)7-9-5-3-4-6-10(9)13/h3-6H,7-8H2,1-2H3. The number of hydrogen-bond donors (Lipinski definition) is 0. The average Bonchev–Trinajstić information content (AvgIpc) is 2.50. The van der Waals surface area contributed by atoms with Crippen LogP contribution in [0, 0.1) is 0 Å². The van der Waals surface area contributed by atoms with Crippen molar-refractivity contribution in [3.8, 4) is 0 Å². The minimum Gasteiger partial charge on any atom is -0.478 e. The summed E-state index contributed by atoms with van der Waals surface area (Å²) in [4.78, 5) is 4.53. The highest BCUT2D eigenvalue weighted by molar-refractivity contribution is 9.10. The lowest BCUT2D eigenvalue weighted by atomic mass is 10.1. The van der Waals surface area contributed by atoms with Crippen LogP contribution in [0.4, 0.5) is 0 Å². The van der Waals surface area contributed by atoms with Crippen molar-refractivity contribution in [1.29, 1.82) is 0 Å². The van der Waals surface area contributed by atoms with Crippen LogP contribution < -0.4 is 0 Å². The maximum atomic E-state index is 5.56. The maximum absolute atomic E-state index is 5.56. The summed E-state index contributed by atoms with van der Waals surface area (Å²) in [7, 11) is 0. The first-order chi connectivity index (χ1) is 7.07. The summed E-state index contributed by atoms with van der Waals surface area (Å²) in [5.41, 5.74) is 1.16. The third kappa shape index (κ3) is 2.59. The first kappa shape index (κ1) is 10.7. The first-order valence-electron chi connectivity index (χ1n) is 5.02. The summed E-state index contributed by atoms with van der Waals surface area (Å²) in [5.74, 6) is 0.840. The van der Waals surface area contributed by atoms with E-state index in [1.54, 1.807) is 0 Å². The van der Waals surface area contributed by atoms with E-state index in [4.69, 9.17) is 4.74 Å². The predicted molar refractivity (Wildman–Crippen MR) is 65.3 cm³/mol. The van der Waals surface area contributed by atoms with Gasteiger partial charge in [-0.3, -0.25) is 0 Å². The van der Waals surface area contributed by atoms with Crippen LogP contribution in [0.2, 0.25) is 0 Å². The molecule has 15 heavy (non-hydrogen) atoms. The lowest BCUT2D eigenvalue weighted by molar-refractivity contribution is 0.275. The van der Waals surface area contributed by atoms with Crippen LogP contribution in [0.5, 0.6) is 0 Å². The second-order valence-electron chi connectivity index (χ2n) is 4.37. The fraction of sp³-hybridized carbons (Fsp3) is 0.417. The van der Waals surface area contributed by atoms with Gasteiger partial charge in [-0.05, 0) is 25.5 Å².